The third-order valence-electron chi connectivity index (χ3n) is 3.34. The minimum Gasteiger partial charge on any atom is -0.493 e. The normalized spacial score (nSPS) is 11.0. The molecule has 0 unspecified atom stereocenters. The van der Waals surface area contributed by atoms with Gasteiger partial charge in [0.2, 0.25) is 0 Å². The second kappa shape index (κ2) is 8.30. The van der Waals surface area contributed by atoms with Crippen molar-refractivity contribution in [1.82, 2.24) is 0 Å². The lowest BCUT2D eigenvalue weighted by molar-refractivity contribution is -0.385. The van der Waals surface area contributed by atoms with Gasteiger partial charge in [0.1, 0.15) is 0 Å². The number of nitro groups is 1. The van der Waals surface area contributed by atoms with E-state index in [0.29, 0.717) is 6.07 Å². The molecule has 0 fully saturated rings. The summed E-state index contributed by atoms with van der Waals surface area (Å²) in [6.45, 7) is -3.23. The Morgan fingerprint density at radius 2 is 1.85 bits per heavy atom. The van der Waals surface area contributed by atoms with E-state index in [1.165, 1.54) is 0 Å². The van der Waals surface area contributed by atoms with Crippen LogP contribution in [0.25, 0.3) is 6.08 Å². The SMILES string of the molecule is COc1cc(/C=C/C(=O)c2ccc(F)c(F)c2)c([N+](=O)[O-])cc1OC(F)F. The number of halogens is 4. The van der Waals surface area contributed by atoms with Gasteiger partial charge < -0.3 is 9.47 Å². The molecule has 0 bridgehead atoms. The van der Waals surface area contributed by atoms with Crippen LogP contribution in [0.2, 0.25) is 0 Å². The molecule has 0 radical (unpaired) electrons. The average Bonchev–Trinajstić information content (AvgIpc) is 2.61. The molecule has 10 heteroatoms. The van der Waals surface area contributed by atoms with E-state index >= 15 is 0 Å². The van der Waals surface area contributed by atoms with Crippen LogP contribution in [0.5, 0.6) is 11.5 Å². The molecule has 0 spiro atoms. The fourth-order valence-electron chi connectivity index (χ4n) is 2.12. The maximum Gasteiger partial charge on any atom is 0.387 e. The first-order valence-corrected chi connectivity index (χ1v) is 7.21. The van der Waals surface area contributed by atoms with Crippen molar-refractivity contribution in [1.29, 1.82) is 0 Å². The summed E-state index contributed by atoms with van der Waals surface area (Å²) in [5.41, 5.74) is -0.951. The van der Waals surface area contributed by atoms with Crippen molar-refractivity contribution in [3.63, 3.8) is 0 Å². The van der Waals surface area contributed by atoms with Crippen molar-refractivity contribution in [2.24, 2.45) is 0 Å². The lowest BCUT2D eigenvalue weighted by Gasteiger charge is -2.10. The lowest BCUT2D eigenvalue weighted by Crippen LogP contribution is -2.05. The highest BCUT2D eigenvalue weighted by atomic mass is 19.3. The third kappa shape index (κ3) is 4.81. The largest absolute Gasteiger partial charge is 0.493 e. The Morgan fingerprint density at radius 1 is 1.15 bits per heavy atom. The number of benzene rings is 2. The van der Waals surface area contributed by atoms with E-state index in [4.69, 9.17) is 4.74 Å². The summed E-state index contributed by atoms with van der Waals surface area (Å²) >= 11 is 0. The van der Waals surface area contributed by atoms with Crippen molar-refractivity contribution >= 4 is 17.5 Å². The molecule has 2 rings (SSSR count). The molecule has 0 amide bonds. The maximum atomic E-state index is 13.2. The summed E-state index contributed by atoms with van der Waals surface area (Å²) in [7, 11) is 1.14. The van der Waals surface area contributed by atoms with Gasteiger partial charge in [-0.1, -0.05) is 0 Å². The minimum atomic E-state index is -3.23. The third-order valence-corrected chi connectivity index (χ3v) is 3.34. The van der Waals surface area contributed by atoms with Gasteiger partial charge in [-0.2, -0.15) is 8.78 Å². The van der Waals surface area contributed by atoms with Crippen molar-refractivity contribution < 1.29 is 36.8 Å². The Balaban J connectivity index is 2.41. The summed E-state index contributed by atoms with van der Waals surface area (Å²) in [6.07, 6.45) is 1.92. The van der Waals surface area contributed by atoms with Crippen LogP contribution in [0.4, 0.5) is 23.2 Å². The number of allylic oxidation sites excluding steroid dienone is 1. The average molecular weight is 385 g/mol. The molecule has 6 nitrogen and oxygen atoms in total. The molecule has 2 aromatic rings. The van der Waals surface area contributed by atoms with Crippen LogP contribution >= 0.6 is 0 Å². The van der Waals surface area contributed by atoms with E-state index in [9.17, 15) is 32.5 Å². The zero-order chi connectivity index (χ0) is 20.1. The van der Waals surface area contributed by atoms with Gasteiger partial charge in [-0.15, -0.1) is 0 Å². The number of nitrogens with zero attached hydrogens (tertiary/aromatic N) is 1. The number of ketones is 1. The second-order valence-corrected chi connectivity index (χ2v) is 5.02. The number of hydrogen-bond donors (Lipinski definition) is 0. The van der Waals surface area contributed by atoms with E-state index < -0.39 is 40.4 Å². The highest BCUT2D eigenvalue weighted by molar-refractivity contribution is 6.07. The first-order valence-electron chi connectivity index (χ1n) is 7.21. The molecule has 0 saturated carbocycles. The first-order chi connectivity index (χ1) is 12.7. The highest BCUT2D eigenvalue weighted by Crippen LogP contribution is 2.36. The number of rotatable bonds is 7. The van der Waals surface area contributed by atoms with Gasteiger partial charge in [-0.05, 0) is 36.4 Å². The molecule has 0 aromatic heterocycles. The predicted octanol–water partition coefficient (Wildman–Crippen LogP) is 4.38. The molecule has 0 aliphatic carbocycles. The molecule has 0 aliphatic heterocycles. The number of methoxy groups -OCH3 is 1. The second-order valence-electron chi connectivity index (χ2n) is 5.02. The van der Waals surface area contributed by atoms with Gasteiger partial charge in [0.05, 0.1) is 23.7 Å². The van der Waals surface area contributed by atoms with E-state index in [1.54, 1.807) is 0 Å². The van der Waals surface area contributed by atoms with Gasteiger partial charge in [0, 0.05) is 5.56 Å². The lowest BCUT2D eigenvalue weighted by atomic mass is 10.1. The Kier molecular flexibility index (Phi) is 6.11. The van der Waals surface area contributed by atoms with Crippen LogP contribution in [0.3, 0.4) is 0 Å². The number of alkyl halides is 2. The number of carbonyl (C=O) groups excluding carboxylic acids is 1. The van der Waals surface area contributed by atoms with Gasteiger partial charge in [0.25, 0.3) is 5.69 Å². The minimum absolute atomic E-state index is 0.144. The van der Waals surface area contributed by atoms with Gasteiger partial charge in [0.15, 0.2) is 28.9 Å². The maximum absolute atomic E-state index is 13.2. The van der Waals surface area contributed by atoms with Crippen molar-refractivity contribution in [3.05, 3.63) is 69.3 Å². The number of ether oxygens (including phenoxy) is 2. The summed E-state index contributed by atoms with van der Waals surface area (Å²) in [5, 5.41) is 11.2. The molecule has 0 heterocycles. The zero-order valence-electron chi connectivity index (χ0n) is 13.6. The van der Waals surface area contributed by atoms with Crippen molar-refractivity contribution in [2.75, 3.05) is 7.11 Å². The molecular formula is C17H11F4NO5. The first kappa shape index (κ1) is 19.9. The summed E-state index contributed by atoms with van der Waals surface area (Å²) < 4.78 is 59.9. The van der Waals surface area contributed by atoms with Crippen LogP contribution in [-0.4, -0.2) is 24.4 Å². The van der Waals surface area contributed by atoms with E-state index in [2.05, 4.69) is 4.74 Å². The summed E-state index contributed by atoms with van der Waals surface area (Å²) in [6, 6.07) is 4.24. The zero-order valence-corrected chi connectivity index (χ0v) is 13.6. The number of carbonyl (C=O) groups is 1. The molecule has 27 heavy (non-hydrogen) atoms. The highest BCUT2D eigenvalue weighted by Gasteiger charge is 2.20. The van der Waals surface area contributed by atoms with Crippen LogP contribution in [0.15, 0.2) is 36.4 Å². The van der Waals surface area contributed by atoms with E-state index in [1.807, 2.05) is 0 Å². The van der Waals surface area contributed by atoms with Crippen LogP contribution < -0.4 is 9.47 Å². The van der Waals surface area contributed by atoms with Gasteiger partial charge in [-0.25, -0.2) is 8.78 Å². The predicted molar refractivity (Wildman–Crippen MR) is 86.0 cm³/mol. The van der Waals surface area contributed by atoms with Gasteiger partial charge >= 0.3 is 6.61 Å². The molecule has 0 saturated heterocycles. The van der Waals surface area contributed by atoms with Gasteiger partial charge in [-0.3, -0.25) is 14.9 Å². The number of hydrogen-bond acceptors (Lipinski definition) is 5. The van der Waals surface area contributed by atoms with Crippen LogP contribution in [-0.2, 0) is 0 Å². The van der Waals surface area contributed by atoms with E-state index in [-0.39, 0.29) is 16.9 Å². The van der Waals surface area contributed by atoms with Crippen molar-refractivity contribution in [3.8, 4) is 11.5 Å². The quantitative estimate of drug-likeness (QED) is 0.232. The van der Waals surface area contributed by atoms with Crippen molar-refractivity contribution in [2.45, 2.75) is 6.61 Å². The standard InChI is InChI=1S/C17H11F4NO5/c1-26-15-7-9(13(22(24)25)8-16(15)27-17(20)21)3-5-14(23)10-2-4-11(18)12(19)6-10/h2-8,17H,1H3/b5-3+. The van der Waals surface area contributed by atoms with Crippen LogP contribution in [0.1, 0.15) is 15.9 Å². The van der Waals surface area contributed by atoms with E-state index in [0.717, 1.165) is 43.5 Å². The Labute approximate surface area is 149 Å². The molecule has 0 atom stereocenters. The summed E-state index contributed by atoms with van der Waals surface area (Å²) in [4.78, 5) is 22.3. The molecule has 2 aromatic carbocycles. The summed E-state index contributed by atoms with van der Waals surface area (Å²) in [5.74, 6) is -3.89. The number of nitro benzene ring substituents is 1. The molecule has 142 valence electrons. The topological polar surface area (TPSA) is 78.7 Å². The Hall–Kier alpha value is -3.43. The molecular weight excluding hydrogens is 374 g/mol. The fourth-order valence-corrected chi connectivity index (χ4v) is 2.12. The van der Waals surface area contributed by atoms with Crippen LogP contribution in [0, 0.1) is 21.7 Å². The Bertz CT molecular complexity index is 914. The molecule has 0 aliphatic rings. The molecule has 0 N–H and O–H groups in total. The fraction of sp³-hybridized carbons (Fsp3) is 0.118. The monoisotopic (exact) mass is 385 g/mol. The smallest absolute Gasteiger partial charge is 0.387 e. The Morgan fingerprint density at radius 3 is 2.41 bits per heavy atom.